The van der Waals surface area contributed by atoms with Gasteiger partial charge in [-0.1, -0.05) is 13.8 Å². The second-order valence-electron chi connectivity index (χ2n) is 4.49. The first-order valence-corrected chi connectivity index (χ1v) is 6.14. The van der Waals surface area contributed by atoms with E-state index in [-0.39, 0.29) is 11.5 Å². The van der Waals surface area contributed by atoms with E-state index < -0.39 is 0 Å². The highest BCUT2D eigenvalue weighted by Gasteiger charge is 2.04. The lowest BCUT2D eigenvalue weighted by atomic mass is 10.1. The average molecular weight is 252 g/mol. The topological polar surface area (TPSA) is 71.2 Å². The van der Waals surface area contributed by atoms with Crippen LogP contribution < -0.4 is 10.9 Å². The van der Waals surface area contributed by atoms with Crippen LogP contribution in [0.25, 0.3) is 0 Å². The number of nitrogens with one attached hydrogen (secondary N) is 2. The molecule has 0 saturated carbocycles. The molecular formula is C13H20N2O3. The number of ether oxygens (including phenoxy) is 1. The largest absolute Gasteiger partial charge is 0.380 e. The summed E-state index contributed by atoms with van der Waals surface area (Å²) in [5.41, 5.74) is 0.0803. The van der Waals surface area contributed by atoms with E-state index in [0.717, 1.165) is 6.42 Å². The summed E-state index contributed by atoms with van der Waals surface area (Å²) in [7, 11) is 0. The Kier molecular flexibility index (Phi) is 6.14. The first-order chi connectivity index (χ1) is 8.59. The highest BCUT2D eigenvalue weighted by atomic mass is 16.5. The van der Waals surface area contributed by atoms with Crippen molar-refractivity contribution in [1.82, 2.24) is 10.3 Å². The number of pyridine rings is 1. The van der Waals surface area contributed by atoms with Crippen LogP contribution in [0.15, 0.2) is 23.1 Å². The molecule has 100 valence electrons. The maximum atomic E-state index is 11.6. The highest BCUT2D eigenvalue weighted by molar-refractivity contribution is 5.93. The van der Waals surface area contributed by atoms with Gasteiger partial charge >= 0.3 is 0 Å². The molecule has 1 aromatic heterocycles. The van der Waals surface area contributed by atoms with E-state index >= 15 is 0 Å². The molecule has 2 N–H and O–H groups in total. The molecule has 5 nitrogen and oxygen atoms in total. The second-order valence-corrected chi connectivity index (χ2v) is 4.49. The van der Waals surface area contributed by atoms with Gasteiger partial charge in [-0.25, -0.2) is 0 Å². The van der Waals surface area contributed by atoms with Crippen LogP contribution in [0.5, 0.6) is 0 Å². The third-order valence-electron chi connectivity index (χ3n) is 2.41. The Morgan fingerprint density at radius 3 is 2.89 bits per heavy atom. The number of aromatic nitrogens is 1. The molecule has 1 heterocycles. The number of amides is 1. The van der Waals surface area contributed by atoms with Crippen molar-refractivity contribution in [2.45, 2.75) is 20.3 Å². The molecule has 0 aliphatic carbocycles. The van der Waals surface area contributed by atoms with E-state index in [1.807, 2.05) is 0 Å². The van der Waals surface area contributed by atoms with E-state index in [9.17, 15) is 9.59 Å². The lowest BCUT2D eigenvalue weighted by Crippen LogP contribution is -2.28. The predicted molar refractivity (Wildman–Crippen MR) is 69.7 cm³/mol. The van der Waals surface area contributed by atoms with E-state index in [1.165, 1.54) is 12.3 Å². The molecule has 18 heavy (non-hydrogen) atoms. The molecule has 1 rings (SSSR count). The fourth-order valence-corrected chi connectivity index (χ4v) is 1.35. The third kappa shape index (κ3) is 5.63. The summed E-state index contributed by atoms with van der Waals surface area (Å²) in [6, 6.07) is 2.84. The molecule has 0 bridgehead atoms. The van der Waals surface area contributed by atoms with Crippen molar-refractivity contribution in [3.63, 3.8) is 0 Å². The first kappa shape index (κ1) is 14.4. The van der Waals surface area contributed by atoms with Crippen molar-refractivity contribution >= 4 is 5.91 Å². The summed E-state index contributed by atoms with van der Waals surface area (Å²) in [5, 5.41) is 2.70. The number of hydrogen-bond donors (Lipinski definition) is 2. The van der Waals surface area contributed by atoms with Gasteiger partial charge in [-0.15, -0.1) is 0 Å². The zero-order valence-corrected chi connectivity index (χ0v) is 10.9. The van der Waals surface area contributed by atoms with Crippen LogP contribution in [0, 0.1) is 5.92 Å². The molecule has 0 unspecified atom stereocenters. The van der Waals surface area contributed by atoms with Gasteiger partial charge in [-0.3, -0.25) is 9.59 Å². The number of hydrogen-bond acceptors (Lipinski definition) is 3. The minimum Gasteiger partial charge on any atom is -0.380 e. The quantitative estimate of drug-likeness (QED) is 0.715. The van der Waals surface area contributed by atoms with Crippen LogP contribution >= 0.6 is 0 Å². The summed E-state index contributed by atoms with van der Waals surface area (Å²) < 4.78 is 5.37. The van der Waals surface area contributed by atoms with Crippen molar-refractivity contribution in [1.29, 1.82) is 0 Å². The molecule has 5 heteroatoms. The number of carbonyl (C=O) groups excluding carboxylic acids is 1. The zero-order chi connectivity index (χ0) is 13.4. The van der Waals surface area contributed by atoms with Gasteiger partial charge in [-0.2, -0.15) is 0 Å². The maximum Gasteiger partial charge on any atom is 0.251 e. The van der Waals surface area contributed by atoms with Crippen molar-refractivity contribution in [2.24, 2.45) is 5.92 Å². The Balaban J connectivity index is 2.20. The Morgan fingerprint density at radius 2 is 2.22 bits per heavy atom. The first-order valence-electron chi connectivity index (χ1n) is 6.14. The molecule has 1 amide bonds. The lowest BCUT2D eigenvalue weighted by Gasteiger charge is -2.07. The predicted octanol–water partition coefficient (Wildman–Crippen LogP) is 1.17. The number of rotatable bonds is 7. The summed E-state index contributed by atoms with van der Waals surface area (Å²) in [5.74, 6) is 0.365. The second kappa shape index (κ2) is 7.66. The van der Waals surface area contributed by atoms with E-state index in [1.54, 1.807) is 6.07 Å². The Morgan fingerprint density at radius 1 is 1.44 bits per heavy atom. The zero-order valence-electron chi connectivity index (χ0n) is 10.9. The molecule has 0 atom stereocenters. The lowest BCUT2D eigenvalue weighted by molar-refractivity contribution is 0.0905. The molecular weight excluding hydrogens is 232 g/mol. The van der Waals surface area contributed by atoms with Gasteiger partial charge in [0.1, 0.15) is 0 Å². The molecule has 0 aliphatic rings. The molecule has 0 fully saturated rings. The number of aromatic amines is 1. The SMILES string of the molecule is CC(C)CCOCCNC(=O)c1cc[nH]c(=O)c1. The van der Waals surface area contributed by atoms with Crippen molar-refractivity contribution in [2.75, 3.05) is 19.8 Å². The maximum absolute atomic E-state index is 11.6. The molecule has 1 aromatic rings. The van der Waals surface area contributed by atoms with Gasteiger partial charge in [0.15, 0.2) is 0 Å². The Labute approximate surface area is 107 Å². The van der Waals surface area contributed by atoms with Crippen molar-refractivity contribution in [3.8, 4) is 0 Å². The standard InChI is InChI=1S/C13H20N2O3/c1-10(2)4-7-18-8-6-15-13(17)11-3-5-14-12(16)9-11/h3,5,9-10H,4,6-8H2,1-2H3,(H,14,16)(H,15,17). The summed E-state index contributed by atoms with van der Waals surface area (Å²) >= 11 is 0. The van der Waals surface area contributed by atoms with E-state index in [4.69, 9.17) is 4.74 Å². The minimum atomic E-state index is -0.282. The van der Waals surface area contributed by atoms with Gasteiger partial charge in [0.05, 0.1) is 6.61 Å². The summed E-state index contributed by atoms with van der Waals surface area (Å²) in [4.78, 5) is 25.1. The monoisotopic (exact) mass is 252 g/mol. The molecule has 0 saturated heterocycles. The van der Waals surface area contributed by atoms with Crippen LogP contribution in [-0.4, -0.2) is 30.6 Å². The van der Waals surface area contributed by atoms with E-state index in [2.05, 4.69) is 24.1 Å². The van der Waals surface area contributed by atoms with Gasteiger partial charge in [-0.05, 0) is 18.4 Å². The van der Waals surface area contributed by atoms with Crippen LogP contribution in [0.3, 0.4) is 0 Å². The normalized spacial score (nSPS) is 10.6. The smallest absolute Gasteiger partial charge is 0.251 e. The average Bonchev–Trinajstić information content (AvgIpc) is 2.33. The third-order valence-corrected chi connectivity index (χ3v) is 2.41. The van der Waals surface area contributed by atoms with Gasteiger partial charge < -0.3 is 15.0 Å². The summed E-state index contributed by atoms with van der Waals surface area (Å²) in [6.45, 7) is 5.92. The molecule has 0 aliphatic heterocycles. The van der Waals surface area contributed by atoms with E-state index in [0.29, 0.717) is 31.2 Å². The number of H-pyrrole nitrogens is 1. The Bertz CT molecular complexity index is 426. The van der Waals surface area contributed by atoms with Gasteiger partial charge in [0.25, 0.3) is 5.91 Å². The highest BCUT2D eigenvalue weighted by Crippen LogP contribution is 1.98. The van der Waals surface area contributed by atoms with Crippen molar-refractivity contribution in [3.05, 3.63) is 34.2 Å². The molecule has 0 aromatic carbocycles. The fourth-order valence-electron chi connectivity index (χ4n) is 1.35. The van der Waals surface area contributed by atoms with Crippen LogP contribution in [-0.2, 0) is 4.74 Å². The van der Waals surface area contributed by atoms with Crippen LogP contribution in [0.4, 0.5) is 0 Å². The van der Waals surface area contributed by atoms with Crippen LogP contribution in [0.1, 0.15) is 30.6 Å². The van der Waals surface area contributed by atoms with Crippen LogP contribution in [0.2, 0.25) is 0 Å². The minimum absolute atomic E-state index is 0.256. The fraction of sp³-hybridized carbons (Fsp3) is 0.538. The summed E-state index contributed by atoms with van der Waals surface area (Å²) in [6.07, 6.45) is 2.47. The number of carbonyl (C=O) groups is 1. The molecule has 0 spiro atoms. The Hall–Kier alpha value is -1.62. The van der Waals surface area contributed by atoms with Gasteiger partial charge in [0.2, 0.25) is 5.56 Å². The van der Waals surface area contributed by atoms with Crippen molar-refractivity contribution < 1.29 is 9.53 Å². The molecule has 0 radical (unpaired) electrons. The van der Waals surface area contributed by atoms with Gasteiger partial charge in [0, 0.05) is 31.0 Å².